The van der Waals surface area contributed by atoms with Crippen LogP contribution >= 0.6 is 23.4 Å². The van der Waals surface area contributed by atoms with Gasteiger partial charge in [0.15, 0.2) is 11.0 Å². The topological polar surface area (TPSA) is 59.8 Å². The molecule has 0 aliphatic carbocycles. The fourth-order valence-corrected chi connectivity index (χ4v) is 3.61. The molecule has 0 unspecified atom stereocenters. The quantitative estimate of drug-likeness (QED) is 0.432. The van der Waals surface area contributed by atoms with E-state index < -0.39 is 0 Å². The van der Waals surface area contributed by atoms with Crippen molar-refractivity contribution < 1.29 is 4.79 Å². The van der Waals surface area contributed by atoms with E-state index in [0.717, 1.165) is 10.9 Å². The van der Waals surface area contributed by atoms with Gasteiger partial charge in [0.1, 0.15) is 0 Å². The summed E-state index contributed by atoms with van der Waals surface area (Å²) >= 11 is 7.48. The van der Waals surface area contributed by atoms with E-state index >= 15 is 0 Å². The van der Waals surface area contributed by atoms with Crippen LogP contribution in [-0.4, -0.2) is 20.7 Å². The highest BCUT2D eigenvalue weighted by molar-refractivity contribution is 7.98. The lowest BCUT2D eigenvalue weighted by Crippen LogP contribution is -2.24. The van der Waals surface area contributed by atoms with Gasteiger partial charge in [-0.3, -0.25) is 4.79 Å². The second-order valence-electron chi connectivity index (χ2n) is 6.26. The molecule has 28 heavy (non-hydrogen) atoms. The lowest BCUT2D eigenvalue weighted by atomic mass is 10.2. The van der Waals surface area contributed by atoms with Crippen LogP contribution in [0.4, 0.5) is 0 Å². The molecule has 1 amide bonds. The number of hydrogen-bond acceptors (Lipinski definition) is 4. The number of aryl methyl sites for hydroxylation is 1. The van der Waals surface area contributed by atoms with Crippen molar-refractivity contribution in [3.8, 4) is 0 Å². The van der Waals surface area contributed by atoms with Crippen LogP contribution in [-0.2, 0) is 18.8 Å². The van der Waals surface area contributed by atoms with E-state index in [2.05, 4.69) is 53.3 Å². The molecule has 0 saturated carbocycles. The number of carbonyl (C=O) groups excluding carboxylic acids is 1. The lowest BCUT2D eigenvalue weighted by Gasteiger charge is -2.09. The zero-order valence-corrected chi connectivity index (χ0v) is 17.1. The second-order valence-corrected chi connectivity index (χ2v) is 7.64. The molecule has 0 aliphatic heterocycles. The van der Waals surface area contributed by atoms with Gasteiger partial charge in [0.2, 0.25) is 0 Å². The van der Waals surface area contributed by atoms with Crippen molar-refractivity contribution in [1.29, 1.82) is 0 Å². The molecule has 144 valence electrons. The summed E-state index contributed by atoms with van der Waals surface area (Å²) in [5.74, 6) is 1.31. The minimum atomic E-state index is -0.182. The number of rotatable bonds is 8. The fourth-order valence-electron chi connectivity index (χ4n) is 2.56. The molecular weight excluding hydrogens is 392 g/mol. The molecule has 0 radical (unpaired) electrons. The van der Waals surface area contributed by atoms with E-state index in [4.69, 9.17) is 11.6 Å². The number of nitrogens with one attached hydrogen (secondary N) is 1. The van der Waals surface area contributed by atoms with Crippen LogP contribution < -0.4 is 5.32 Å². The van der Waals surface area contributed by atoms with E-state index in [1.54, 1.807) is 42.1 Å². The fraction of sp³-hybridized carbons (Fsp3) is 0.190. The molecule has 2 aromatic carbocycles. The highest BCUT2D eigenvalue weighted by Crippen LogP contribution is 2.22. The first kappa shape index (κ1) is 20.2. The van der Waals surface area contributed by atoms with Gasteiger partial charge in [-0.2, -0.15) is 0 Å². The molecule has 0 spiro atoms. The van der Waals surface area contributed by atoms with Crippen molar-refractivity contribution in [3.05, 3.63) is 88.7 Å². The van der Waals surface area contributed by atoms with Crippen molar-refractivity contribution in [1.82, 2.24) is 20.1 Å². The molecule has 3 aromatic rings. The van der Waals surface area contributed by atoms with Gasteiger partial charge in [-0.1, -0.05) is 59.3 Å². The minimum Gasteiger partial charge on any atom is -0.345 e. The zero-order valence-electron chi connectivity index (χ0n) is 15.6. The molecule has 0 saturated heterocycles. The minimum absolute atomic E-state index is 0.182. The number of amides is 1. The highest BCUT2D eigenvalue weighted by atomic mass is 35.5. The van der Waals surface area contributed by atoms with Crippen LogP contribution in [0.2, 0.25) is 5.02 Å². The van der Waals surface area contributed by atoms with Gasteiger partial charge in [0.25, 0.3) is 5.91 Å². The van der Waals surface area contributed by atoms with Crippen molar-refractivity contribution in [3.63, 3.8) is 0 Å². The van der Waals surface area contributed by atoms with Crippen molar-refractivity contribution in [2.45, 2.75) is 30.9 Å². The molecule has 1 N–H and O–H groups in total. The first-order chi connectivity index (χ1) is 13.6. The average molecular weight is 413 g/mol. The van der Waals surface area contributed by atoms with Crippen LogP contribution in [0.5, 0.6) is 0 Å². The number of aromatic nitrogens is 3. The van der Waals surface area contributed by atoms with Crippen molar-refractivity contribution >= 4 is 29.3 Å². The van der Waals surface area contributed by atoms with Crippen LogP contribution in [0, 0.1) is 6.92 Å². The predicted octanol–water partition coefficient (Wildman–Crippen LogP) is 4.65. The molecule has 1 aromatic heterocycles. The average Bonchev–Trinajstić information content (AvgIpc) is 3.08. The smallest absolute Gasteiger partial charge is 0.251 e. The van der Waals surface area contributed by atoms with Crippen molar-refractivity contribution in [2.24, 2.45) is 0 Å². The molecular formula is C21H21ClN4OS. The molecule has 0 aliphatic rings. The van der Waals surface area contributed by atoms with Crippen molar-refractivity contribution in [2.75, 3.05) is 0 Å². The monoisotopic (exact) mass is 412 g/mol. The van der Waals surface area contributed by atoms with Gasteiger partial charge in [0, 0.05) is 22.9 Å². The third-order valence-corrected chi connectivity index (χ3v) is 5.40. The van der Waals surface area contributed by atoms with Crippen LogP contribution in [0.3, 0.4) is 0 Å². The SMILES string of the molecule is C=CCn1c(CNC(=O)c2ccc(Cl)cc2)nnc1SCc1ccc(C)cc1. The number of halogens is 1. The largest absolute Gasteiger partial charge is 0.345 e. The Labute approximate surface area is 173 Å². The maximum atomic E-state index is 12.3. The Kier molecular flexibility index (Phi) is 6.90. The van der Waals surface area contributed by atoms with E-state index in [9.17, 15) is 4.79 Å². The summed E-state index contributed by atoms with van der Waals surface area (Å²) in [6.07, 6.45) is 1.80. The third-order valence-electron chi connectivity index (χ3n) is 4.11. The lowest BCUT2D eigenvalue weighted by molar-refractivity contribution is 0.0949. The van der Waals surface area contributed by atoms with Gasteiger partial charge in [-0.15, -0.1) is 16.8 Å². The summed E-state index contributed by atoms with van der Waals surface area (Å²) in [6.45, 7) is 6.75. The Hall–Kier alpha value is -2.57. The van der Waals surface area contributed by atoms with Crippen LogP contribution in [0.15, 0.2) is 66.3 Å². The Morgan fingerprint density at radius 2 is 1.89 bits per heavy atom. The first-order valence-electron chi connectivity index (χ1n) is 8.82. The van der Waals surface area contributed by atoms with E-state index in [1.807, 2.05) is 4.57 Å². The first-order valence-corrected chi connectivity index (χ1v) is 10.2. The number of benzene rings is 2. The maximum Gasteiger partial charge on any atom is 0.251 e. The zero-order chi connectivity index (χ0) is 19.9. The van der Waals surface area contributed by atoms with E-state index in [0.29, 0.717) is 23.0 Å². The summed E-state index contributed by atoms with van der Waals surface area (Å²) in [5, 5.41) is 12.8. The molecule has 0 fully saturated rings. The van der Waals surface area contributed by atoms with Gasteiger partial charge in [-0.25, -0.2) is 0 Å². The highest BCUT2D eigenvalue weighted by Gasteiger charge is 2.13. The molecule has 5 nitrogen and oxygen atoms in total. The van der Waals surface area contributed by atoms with Gasteiger partial charge < -0.3 is 9.88 Å². The van der Waals surface area contributed by atoms with E-state index in [1.165, 1.54) is 11.1 Å². The predicted molar refractivity (Wildman–Crippen MR) is 114 cm³/mol. The Balaban J connectivity index is 1.65. The van der Waals surface area contributed by atoms with Gasteiger partial charge in [-0.05, 0) is 36.8 Å². The number of hydrogen-bond donors (Lipinski definition) is 1. The van der Waals surface area contributed by atoms with Crippen LogP contribution in [0.25, 0.3) is 0 Å². The standard InChI is InChI=1S/C21H21ClN4OS/c1-3-12-26-19(13-23-20(27)17-8-10-18(22)11-9-17)24-25-21(26)28-14-16-6-4-15(2)5-7-16/h3-11H,1,12-14H2,2H3,(H,23,27). The molecule has 0 bridgehead atoms. The number of allylic oxidation sites excluding steroid dienone is 1. The second kappa shape index (κ2) is 9.57. The van der Waals surface area contributed by atoms with E-state index in [-0.39, 0.29) is 12.5 Å². The summed E-state index contributed by atoms with van der Waals surface area (Å²) in [7, 11) is 0. The van der Waals surface area contributed by atoms with Crippen LogP contribution in [0.1, 0.15) is 27.3 Å². The summed E-state index contributed by atoms with van der Waals surface area (Å²) in [4.78, 5) is 12.3. The summed E-state index contributed by atoms with van der Waals surface area (Å²) in [6, 6.07) is 15.2. The maximum absolute atomic E-state index is 12.3. The Bertz CT molecular complexity index is 952. The molecule has 3 rings (SSSR count). The Morgan fingerprint density at radius 3 is 2.57 bits per heavy atom. The number of carbonyl (C=O) groups is 1. The normalized spacial score (nSPS) is 10.6. The third kappa shape index (κ3) is 5.24. The van der Waals surface area contributed by atoms with Gasteiger partial charge in [0.05, 0.1) is 6.54 Å². The Morgan fingerprint density at radius 1 is 1.18 bits per heavy atom. The van der Waals surface area contributed by atoms with Gasteiger partial charge >= 0.3 is 0 Å². The summed E-state index contributed by atoms with van der Waals surface area (Å²) < 4.78 is 1.97. The molecule has 7 heteroatoms. The number of nitrogens with zero attached hydrogens (tertiary/aromatic N) is 3. The number of thioether (sulfide) groups is 1. The molecule has 0 atom stereocenters. The molecule has 1 heterocycles. The summed E-state index contributed by atoms with van der Waals surface area (Å²) in [5.41, 5.74) is 3.01.